The Balaban J connectivity index is 1.81. The number of rotatable bonds is 5. The molecular weight excluding hydrogens is 236 g/mol. The maximum Gasteiger partial charge on any atom is 0.223 e. The van der Waals surface area contributed by atoms with Crippen molar-refractivity contribution in [1.82, 2.24) is 10.6 Å². The molecule has 0 aromatic carbocycles. The number of hydrogen-bond acceptors (Lipinski definition) is 2. The van der Waals surface area contributed by atoms with Gasteiger partial charge in [0.2, 0.25) is 5.91 Å². The Morgan fingerprint density at radius 1 is 1.32 bits per heavy atom. The van der Waals surface area contributed by atoms with E-state index in [2.05, 4.69) is 24.5 Å². The summed E-state index contributed by atoms with van der Waals surface area (Å²) in [6, 6.07) is 0.332. The summed E-state index contributed by atoms with van der Waals surface area (Å²) in [4.78, 5) is 12.4. The van der Waals surface area contributed by atoms with Crippen LogP contribution in [0.25, 0.3) is 0 Å². The van der Waals surface area contributed by atoms with Crippen LogP contribution in [0.1, 0.15) is 58.8 Å². The Morgan fingerprint density at radius 2 is 2.05 bits per heavy atom. The number of hydrogen-bond donors (Lipinski definition) is 2. The van der Waals surface area contributed by atoms with Crippen molar-refractivity contribution in [3.8, 4) is 0 Å². The third kappa shape index (κ3) is 4.20. The second kappa shape index (κ2) is 7.28. The molecule has 1 saturated heterocycles. The molecule has 3 unspecified atom stereocenters. The van der Waals surface area contributed by atoms with Crippen LogP contribution in [0.5, 0.6) is 0 Å². The van der Waals surface area contributed by atoms with Gasteiger partial charge in [0.25, 0.3) is 0 Å². The van der Waals surface area contributed by atoms with E-state index in [1.54, 1.807) is 0 Å². The normalized spacial score (nSPS) is 30.2. The van der Waals surface area contributed by atoms with Crippen LogP contribution in [0.15, 0.2) is 0 Å². The van der Waals surface area contributed by atoms with Gasteiger partial charge in [-0.05, 0) is 37.6 Å². The van der Waals surface area contributed by atoms with E-state index in [9.17, 15) is 4.79 Å². The van der Waals surface area contributed by atoms with Crippen LogP contribution in [-0.2, 0) is 4.79 Å². The molecule has 2 aliphatic rings. The second-order valence-electron chi connectivity index (χ2n) is 6.58. The molecule has 3 nitrogen and oxygen atoms in total. The van der Waals surface area contributed by atoms with Gasteiger partial charge in [-0.2, -0.15) is 0 Å². The van der Waals surface area contributed by atoms with E-state index >= 15 is 0 Å². The van der Waals surface area contributed by atoms with Gasteiger partial charge in [-0.25, -0.2) is 0 Å². The molecule has 110 valence electrons. The topological polar surface area (TPSA) is 41.1 Å². The number of nitrogens with one attached hydrogen (secondary N) is 2. The molecule has 2 N–H and O–H groups in total. The fourth-order valence-corrected chi connectivity index (χ4v) is 3.59. The minimum Gasteiger partial charge on any atom is -0.352 e. The van der Waals surface area contributed by atoms with Crippen LogP contribution in [0.4, 0.5) is 0 Å². The maximum atomic E-state index is 12.4. The van der Waals surface area contributed by atoms with Crippen molar-refractivity contribution in [3.63, 3.8) is 0 Å². The predicted octanol–water partition coefficient (Wildman–Crippen LogP) is 2.71. The molecule has 2 rings (SSSR count). The summed E-state index contributed by atoms with van der Waals surface area (Å²) in [5.41, 5.74) is 0. The van der Waals surface area contributed by atoms with Gasteiger partial charge in [0.1, 0.15) is 0 Å². The van der Waals surface area contributed by atoms with Gasteiger partial charge in [0, 0.05) is 18.5 Å². The van der Waals surface area contributed by atoms with Crippen LogP contribution < -0.4 is 10.6 Å². The van der Waals surface area contributed by atoms with E-state index in [0.29, 0.717) is 17.9 Å². The van der Waals surface area contributed by atoms with Crippen LogP contribution in [-0.4, -0.2) is 25.0 Å². The molecule has 0 radical (unpaired) electrons. The van der Waals surface area contributed by atoms with Gasteiger partial charge in [0.05, 0.1) is 0 Å². The molecule has 1 aliphatic heterocycles. The zero-order chi connectivity index (χ0) is 13.7. The molecule has 0 aromatic heterocycles. The number of amides is 1. The molecule has 0 spiro atoms. The van der Waals surface area contributed by atoms with E-state index in [0.717, 1.165) is 31.8 Å². The molecule has 19 heavy (non-hydrogen) atoms. The highest BCUT2D eigenvalue weighted by atomic mass is 16.1. The van der Waals surface area contributed by atoms with Crippen molar-refractivity contribution in [2.75, 3.05) is 13.1 Å². The second-order valence-corrected chi connectivity index (χ2v) is 6.58. The van der Waals surface area contributed by atoms with E-state index in [4.69, 9.17) is 0 Å². The SMILES string of the molecule is CCC(CC1CCCC1)C(=O)NC1CNCCC1C. The first-order valence-corrected chi connectivity index (χ1v) is 8.21. The fraction of sp³-hybridized carbons (Fsp3) is 0.938. The summed E-state index contributed by atoms with van der Waals surface area (Å²) in [5.74, 6) is 1.94. The Bertz CT molecular complexity index is 286. The standard InChI is InChI=1S/C16H30N2O/c1-3-14(10-13-6-4-5-7-13)16(19)18-15-11-17-9-8-12(15)2/h12-15,17H,3-11H2,1-2H3,(H,18,19). The van der Waals surface area contributed by atoms with Crippen molar-refractivity contribution >= 4 is 5.91 Å². The fourth-order valence-electron chi connectivity index (χ4n) is 3.59. The monoisotopic (exact) mass is 266 g/mol. The Labute approximate surface area is 117 Å². The van der Waals surface area contributed by atoms with Gasteiger partial charge in [-0.1, -0.05) is 39.5 Å². The predicted molar refractivity (Wildman–Crippen MR) is 78.9 cm³/mol. The highest BCUT2D eigenvalue weighted by Crippen LogP contribution is 2.31. The number of piperidine rings is 1. The zero-order valence-corrected chi connectivity index (χ0v) is 12.6. The summed E-state index contributed by atoms with van der Waals surface area (Å²) >= 11 is 0. The Hall–Kier alpha value is -0.570. The molecule has 2 fully saturated rings. The van der Waals surface area contributed by atoms with Crippen molar-refractivity contribution in [2.45, 2.75) is 64.8 Å². The minimum absolute atomic E-state index is 0.234. The summed E-state index contributed by atoms with van der Waals surface area (Å²) in [5, 5.41) is 6.68. The summed E-state index contributed by atoms with van der Waals surface area (Å²) < 4.78 is 0. The van der Waals surface area contributed by atoms with E-state index in [1.807, 2.05) is 0 Å². The summed E-state index contributed by atoms with van der Waals surface area (Å²) in [7, 11) is 0. The number of carbonyl (C=O) groups is 1. The van der Waals surface area contributed by atoms with E-state index in [-0.39, 0.29) is 5.92 Å². The molecule has 3 atom stereocenters. The third-order valence-corrected chi connectivity index (χ3v) is 5.11. The average Bonchev–Trinajstić information content (AvgIpc) is 2.91. The molecule has 1 saturated carbocycles. The highest BCUT2D eigenvalue weighted by molar-refractivity contribution is 5.79. The van der Waals surface area contributed by atoms with Crippen molar-refractivity contribution in [3.05, 3.63) is 0 Å². The number of carbonyl (C=O) groups excluding carboxylic acids is 1. The average molecular weight is 266 g/mol. The highest BCUT2D eigenvalue weighted by Gasteiger charge is 2.28. The molecule has 1 heterocycles. The molecule has 1 amide bonds. The van der Waals surface area contributed by atoms with E-state index < -0.39 is 0 Å². The first kappa shape index (κ1) is 14.8. The van der Waals surface area contributed by atoms with Gasteiger partial charge in [-0.15, -0.1) is 0 Å². The van der Waals surface area contributed by atoms with Crippen LogP contribution in [0.3, 0.4) is 0 Å². The zero-order valence-electron chi connectivity index (χ0n) is 12.6. The first-order chi connectivity index (χ1) is 9.20. The lowest BCUT2D eigenvalue weighted by Crippen LogP contribution is -2.51. The smallest absolute Gasteiger partial charge is 0.223 e. The van der Waals surface area contributed by atoms with Crippen molar-refractivity contribution in [2.24, 2.45) is 17.8 Å². The largest absolute Gasteiger partial charge is 0.352 e. The lowest BCUT2D eigenvalue weighted by molar-refractivity contribution is -0.126. The van der Waals surface area contributed by atoms with Crippen molar-refractivity contribution in [1.29, 1.82) is 0 Å². The first-order valence-electron chi connectivity index (χ1n) is 8.21. The molecule has 3 heteroatoms. The van der Waals surface area contributed by atoms with E-state index in [1.165, 1.54) is 32.1 Å². The molecular formula is C16H30N2O. The van der Waals surface area contributed by atoms with Crippen molar-refractivity contribution < 1.29 is 4.79 Å². The Kier molecular flexibility index (Phi) is 5.68. The van der Waals surface area contributed by atoms with Gasteiger partial charge in [0.15, 0.2) is 0 Å². The van der Waals surface area contributed by atoms with Gasteiger partial charge >= 0.3 is 0 Å². The van der Waals surface area contributed by atoms with Gasteiger partial charge in [-0.3, -0.25) is 4.79 Å². The lowest BCUT2D eigenvalue weighted by atomic mass is 9.89. The molecule has 1 aliphatic carbocycles. The van der Waals surface area contributed by atoms with Crippen LogP contribution in [0.2, 0.25) is 0 Å². The quantitative estimate of drug-likeness (QED) is 0.803. The maximum absolute atomic E-state index is 12.4. The van der Waals surface area contributed by atoms with Crippen LogP contribution in [0, 0.1) is 17.8 Å². The third-order valence-electron chi connectivity index (χ3n) is 5.11. The van der Waals surface area contributed by atoms with Gasteiger partial charge < -0.3 is 10.6 Å². The Morgan fingerprint density at radius 3 is 2.68 bits per heavy atom. The summed E-state index contributed by atoms with van der Waals surface area (Å²) in [6.45, 7) is 6.44. The summed E-state index contributed by atoms with van der Waals surface area (Å²) in [6.07, 6.45) is 8.67. The lowest BCUT2D eigenvalue weighted by Gasteiger charge is -2.31. The molecule has 0 bridgehead atoms. The van der Waals surface area contributed by atoms with Crippen LogP contribution >= 0.6 is 0 Å². The minimum atomic E-state index is 0.234. The molecule has 0 aromatic rings.